The molecule has 0 heterocycles. The molecule has 146 valence electrons. The molecule has 0 radical (unpaired) electrons. The number of aromatic hydroxyl groups is 1. The Balaban J connectivity index is 1.69. The average molecular weight is 419 g/mol. The molecule has 0 saturated carbocycles. The van der Waals surface area contributed by atoms with Gasteiger partial charge in [0.05, 0.1) is 17.7 Å². The molecule has 0 bridgehead atoms. The molecule has 0 aliphatic heterocycles. The van der Waals surface area contributed by atoms with Crippen LogP contribution >= 0.6 is 11.6 Å². The number of nitrogens with one attached hydrogen (secondary N) is 2. The predicted molar refractivity (Wildman–Crippen MR) is 111 cm³/mol. The minimum absolute atomic E-state index is 0.0717. The number of halogens is 1. The fraction of sp³-hybridized carbons (Fsp3) is 0.100. The predicted octanol–water partition coefficient (Wildman–Crippen LogP) is 4.47. The number of sulfonamides is 1. The van der Waals surface area contributed by atoms with Crippen LogP contribution in [0.3, 0.4) is 0 Å². The lowest BCUT2D eigenvalue weighted by molar-refractivity contribution is 0.371. The molecule has 0 atom stereocenters. The van der Waals surface area contributed by atoms with E-state index in [4.69, 9.17) is 16.3 Å². The zero-order valence-corrected chi connectivity index (χ0v) is 16.6. The van der Waals surface area contributed by atoms with Gasteiger partial charge in [0.1, 0.15) is 0 Å². The largest absolute Gasteiger partial charge is 0.504 e. The first-order valence-electron chi connectivity index (χ1n) is 8.36. The van der Waals surface area contributed by atoms with Crippen LogP contribution in [0.5, 0.6) is 11.5 Å². The Hall–Kier alpha value is -2.90. The van der Waals surface area contributed by atoms with Crippen molar-refractivity contribution < 1.29 is 18.3 Å². The zero-order valence-electron chi connectivity index (χ0n) is 15.0. The summed E-state index contributed by atoms with van der Waals surface area (Å²) < 4.78 is 32.6. The first-order chi connectivity index (χ1) is 13.4. The topological polar surface area (TPSA) is 87.7 Å². The monoisotopic (exact) mass is 418 g/mol. The number of ether oxygens (including phenoxy) is 1. The maximum Gasteiger partial charge on any atom is 0.261 e. The summed E-state index contributed by atoms with van der Waals surface area (Å²) >= 11 is 5.89. The van der Waals surface area contributed by atoms with Crippen LogP contribution in [-0.2, 0) is 16.6 Å². The van der Waals surface area contributed by atoms with Gasteiger partial charge in [-0.1, -0.05) is 29.8 Å². The third-order valence-corrected chi connectivity index (χ3v) is 5.66. The number of phenolic OH excluding ortho intramolecular Hbond substituents is 1. The van der Waals surface area contributed by atoms with Crippen molar-refractivity contribution in [3.63, 3.8) is 0 Å². The Morgan fingerprint density at radius 2 is 1.71 bits per heavy atom. The van der Waals surface area contributed by atoms with E-state index in [1.165, 1.54) is 25.3 Å². The van der Waals surface area contributed by atoms with E-state index in [1.807, 2.05) is 0 Å². The lowest BCUT2D eigenvalue weighted by Crippen LogP contribution is -2.13. The van der Waals surface area contributed by atoms with E-state index in [9.17, 15) is 13.5 Å². The second-order valence-electron chi connectivity index (χ2n) is 5.96. The van der Waals surface area contributed by atoms with Gasteiger partial charge < -0.3 is 15.2 Å². The number of rotatable bonds is 7. The number of methoxy groups -OCH3 is 1. The van der Waals surface area contributed by atoms with Crippen LogP contribution in [0.25, 0.3) is 0 Å². The smallest absolute Gasteiger partial charge is 0.261 e. The van der Waals surface area contributed by atoms with Crippen molar-refractivity contribution in [1.82, 2.24) is 0 Å². The minimum atomic E-state index is -3.72. The lowest BCUT2D eigenvalue weighted by atomic mass is 10.2. The highest BCUT2D eigenvalue weighted by molar-refractivity contribution is 7.92. The van der Waals surface area contributed by atoms with Crippen molar-refractivity contribution in [2.75, 3.05) is 17.1 Å². The number of hydrogen-bond donors (Lipinski definition) is 3. The van der Waals surface area contributed by atoms with Gasteiger partial charge in [-0.3, -0.25) is 4.72 Å². The van der Waals surface area contributed by atoms with Crippen LogP contribution in [0.15, 0.2) is 71.6 Å². The fourth-order valence-electron chi connectivity index (χ4n) is 2.59. The van der Waals surface area contributed by atoms with Crippen LogP contribution < -0.4 is 14.8 Å². The minimum Gasteiger partial charge on any atom is -0.504 e. The second kappa shape index (κ2) is 8.41. The molecule has 0 fully saturated rings. The molecule has 3 N–H and O–H groups in total. The Morgan fingerprint density at radius 1 is 1.00 bits per heavy atom. The van der Waals surface area contributed by atoms with Crippen molar-refractivity contribution in [3.8, 4) is 11.5 Å². The number of hydrogen-bond acceptors (Lipinski definition) is 5. The van der Waals surface area contributed by atoms with Gasteiger partial charge in [0.2, 0.25) is 0 Å². The molecule has 28 heavy (non-hydrogen) atoms. The first kappa shape index (κ1) is 19.9. The molecule has 0 aromatic heterocycles. The lowest BCUT2D eigenvalue weighted by Gasteiger charge is -2.12. The van der Waals surface area contributed by atoms with Crippen molar-refractivity contribution in [2.24, 2.45) is 0 Å². The number of phenols is 1. The van der Waals surface area contributed by atoms with Gasteiger partial charge in [0.15, 0.2) is 11.5 Å². The van der Waals surface area contributed by atoms with Crippen LogP contribution in [0.1, 0.15) is 5.56 Å². The Labute approximate surface area is 168 Å². The molecule has 0 saturated heterocycles. The molecule has 6 nitrogen and oxygen atoms in total. The Kier molecular flexibility index (Phi) is 5.96. The molecule has 3 aromatic carbocycles. The standard InChI is InChI=1S/C20H19ClN2O4S/c1-27-19-7-2-4-14(20(19)24)13-22-16-8-10-18(11-9-16)28(25,26)23-17-6-3-5-15(21)12-17/h2-12,22-24H,13H2,1H3. The van der Waals surface area contributed by atoms with Gasteiger partial charge in [-0.2, -0.15) is 0 Å². The van der Waals surface area contributed by atoms with E-state index in [0.717, 1.165) is 0 Å². The van der Waals surface area contributed by atoms with Gasteiger partial charge in [0, 0.05) is 22.8 Å². The zero-order chi connectivity index (χ0) is 20.1. The average Bonchev–Trinajstić information content (AvgIpc) is 2.67. The summed E-state index contributed by atoms with van der Waals surface area (Å²) in [6, 6.07) is 18.0. The number of benzene rings is 3. The molecule has 3 aromatic rings. The summed E-state index contributed by atoms with van der Waals surface area (Å²) in [5.41, 5.74) is 1.77. The van der Waals surface area contributed by atoms with E-state index < -0.39 is 10.0 Å². The molecule has 0 aliphatic carbocycles. The summed E-state index contributed by atoms with van der Waals surface area (Å²) in [6.45, 7) is 0.357. The Bertz CT molecular complexity index is 1070. The van der Waals surface area contributed by atoms with Gasteiger partial charge in [-0.15, -0.1) is 0 Å². The summed E-state index contributed by atoms with van der Waals surface area (Å²) in [5.74, 6) is 0.468. The van der Waals surface area contributed by atoms with Crippen LogP contribution in [0, 0.1) is 0 Å². The third-order valence-electron chi connectivity index (χ3n) is 4.03. The number of anilines is 2. The molecule has 3 rings (SSSR count). The van der Waals surface area contributed by atoms with E-state index >= 15 is 0 Å². The van der Waals surface area contributed by atoms with Crippen LogP contribution in [-0.4, -0.2) is 20.6 Å². The SMILES string of the molecule is COc1cccc(CNc2ccc(S(=O)(=O)Nc3cccc(Cl)c3)cc2)c1O. The van der Waals surface area contributed by atoms with E-state index in [2.05, 4.69) is 10.0 Å². The molecule has 0 spiro atoms. The van der Waals surface area contributed by atoms with E-state index in [1.54, 1.807) is 48.5 Å². The molecule has 0 amide bonds. The summed E-state index contributed by atoms with van der Waals surface area (Å²) in [5, 5.41) is 13.7. The highest BCUT2D eigenvalue weighted by atomic mass is 35.5. The molecule has 0 unspecified atom stereocenters. The summed E-state index contributed by atoms with van der Waals surface area (Å²) in [7, 11) is -2.23. The summed E-state index contributed by atoms with van der Waals surface area (Å²) in [6.07, 6.45) is 0. The molecule has 0 aliphatic rings. The first-order valence-corrected chi connectivity index (χ1v) is 10.2. The quantitative estimate of drug-likeness (QED) is 0.527. The maximum absolute atomic E-state index is 12.5. The highest BCUT2D eigenvalue weighted by Gasteiger charge is 2.14. The number of para-hydroxylation sites is 1. The second-order valence-corrected chi connectivity index (χ2v) is 8.08. The van der Waals surface area contributed by atoms with Gasteiger partial charge in [-0.05, 0) is 48.5 Å². The summed E-state index contributed by atoms with van der Waals surface area (Å²) in [4.78, 5) is 0.127. The fourth-order valence-corrected chi connectivity index (χ4v) is 3.83. The van der Waals surface area contributed by atoms with E-state index in [0.29, 0.717) is 34.3 Å². The molecular weight excluding hydrogens is 400 g/mol. The van der Waals surface area contributed by atoms with Crippen molar-refractivity contribution >= 4 is 33.0 Å². The van der Waals surface area contributed by atoms with Gasteiger partial charge >= 0.3 is 0 Å². The maximum atomic E-state index is 12.5. The van der Waals surface area contributed by atoms with Crippen molar-refractivity contribution in [2.45, 2.75) is 11.4 Å². The molecule has 8 heteroatoms. The van der Waals surface area contributed by atoms with Crippen molar-refractivity contribution in [3.05, 3.63) is 77.3 Å². The van der Waals surface area contributed by atoms with Gasteiger partial charge in [-0.25, -0.2) is 8.42 Å². The third kappa shape index (κ3) is 4.68. The highest BCUT2D eigenvalue weighted by Crippen LogP contribution is 2.30. The van der Waals surface area contributed by atoms with Crippen molar-refractivity contribution in [1.29, 1.82) is 0 Å². The molecular formula is C20H19ClN2O4S. The van der Waals surface area contributed by atoms with Crippen LogP contribution in [0.4, 0.5) is 11.4 Å². The normalized spacial score (nSPS) is 11.1. The van der Waals surface area contributed by atoms with Crippen LogP contribution in [0.2, 0.25) is 5.02 Å². The Morgan fingerprint density at radius 3 is 2.39 bits per heavy atom. The van der Waals surface area contributed by atoms with E-state index in [-0.39, 0.29) is 10.6 Å². The van der Waals surface area contributed by atoms with Gasteiger partial charge in [0.25, 0.3) is 10.0 Å².